The molecule has 1 N–H and O–H groups in total. The number of likely N-dealkylation sites (N-methyl/N-ethyl adjacent to an activating group) is 1. The molecule has 0 unspecified atom stereocenters. The zero-order valence-corrected chi connectivity index (χ0v) is 15.7. The molecule has 138 valence electrons. The maximum Gasteiger partial charge on any atom is 0.318 e. The third kappa shape index (κ3) is 6.07. The number of nitrogens with one attached hydrogen (secondary N) is 1. The van der Waals surface area contributed by atoms with Crippen LogP contribution in [0.5, 0.6) is 0 Å². The number of benzene rings is 1. The molecule has 1 aliphatic rings. The zero-order valence-electron chi connectivity index (χ0n) is 15.7. The van der Waals surface area contributed by atoms with E-state index < -0.39 is 6.04 Å². The average Bonchev–Trinajstić information content (AvgIpc) is 2.62. The maximum absolute atomic E-state index is 12.3. The second-order valence-electron chi connectivity index (χ2n) is 7.21. The van der Waals surface area contributed by atoms with Crippen molar-refractivity contribution in [2.45, 2.75) is 45.1 Å². The predicted octanol–water partition coefficient (Wildman–Crippen LogP) is 2.91. The Morgan fingerprint density at radius 1 is 1.20 bits per heavy atom. The molecule has 1 saturated heterocycles. The second-order valence-corrected chi connectivity index (χ2v) is 7.21. The lowest BCUT2D eigenvalue weighted by Gasteiger charge is -2.33. The lowest BCUT2D eigenvalue weighted by molar-refractivity contribution is -0.130. The van der Waals surface area contributed by atoms with E-state index in [1.54, 1.807) is 21.0 Å². The van der Waals surface area contributed by atoms with E-state index in [1.165, 1.54) is 23.3 Å². The Bertz CT molecular complexity index is 551. The lowest BCUT2D eigenvalue weighted by Crippen LogP contribution is -2.51. The fraction of sp³-hybridized carbons (Fsp3) is 0.600. The van der Waals surface area contributed by atoms with Crippen LogP contribution in [0.4, 0.5) is 4.79 Å². The van der Waals surface area contributed by atoms with Gasteiger partial charge in [0.2, 0.25) is 5.91 Å². The summed E-state index contributed by atoms with van der Waals surface area (Å²) in [5.41, 5.74) is 1.40. The third-order valence-electron chi connectivity index (χ3n) is 4.97. The number of aryl methyl sites for hydroxylation is 1. The van der Waals surface area contributed by atoms with Gasteiger partial charge in [-0.25, -0.2) is 4.79 Å². The number of hydrogen-bond acceptors (Lipinski definition) is 2. The van der Waals surface area contributed by atoms with Gasteiger partial charge in [0, 0.05) is 27.2 Å². The van der Waals surface area contributed by atoms with Crippen molar-refractivity contribution in [3.8, 4) is 0 Å². The predicted molar refractivity (Wildman–Crippen MR) is 100 cm³/mol. The number of carbonyl (C=O) groups excluding carboxylic acids is 2. The molecule has 0 radical (unpaired) electrons. The van der Waals surface area contributed by atoms with Crippen LogP contribution in [-0.2, 0) is 11.2 Å². The summed E-state index contributed by atoms with van der Waals surface area (Å²) >= 11 is 0. The molecule has 0 bridgehead atoms. The summed E-state index contributed by atoms with van der Waals surface area (Å²) in [5.74, 6) is 0.623. The summed E-state index contributed by atoms with van der Waals surface area (Å²) in [6.45, 7) is 3.30. The SMILES string of the molecule is C[C@@H](NC(=O)N1CCC(CCCc2ccccc2)CC1)C(=O)N(C)C. The normalized spacial score (nSPS) is 16.4. The number of likely N-dealkylation sites (tertiary alicyclic amines) is 1. The van der Waals surface area contributed by atoms with Gasteiger partial charge in [-0.15, -0.1) is 0 Å². The Hall–Kier alpha value is -2.04. The van der Waals surface area contributed by atoms with Gasteiger partial charge in [0.15, 0.2) is 0 Å². The molecule has 5 nitrogen and oxygen atoms in total. The molecule has 0 saturated carbocycles. The molecule has 1 heterocycles. The van der Waals surface area contributed by atoms with E-state index in [9.17, 15) is 9.59 Å². The molecule has 0 spiro atoms. The highest BCUT2D eigenvalue weighted by molar-refractivity contribution is 5.86. The minimum absolute atomic E-state index is 0.0795. The molecular formula is C20H31N3O2. The Balaban J connectivity index is 1.67. The monoisotopic (exact) mass is 345 g/mol. The zero-order chi connectivity index (χ0) is 18.2. The van der Waals surface area contributed by atoms with Crippen molar-refractivity contribution in [2.75, 3.05) is 27.2 Å². The number of piperidine rings is 1. The van der Waals surface area contributed by atoms with E-state index in [4.69, 9.17) is 0 Å². The van der Waals surface area contributed by atoms with Crippen molar-refractivity contribution in [1.82, 2.24) is 15.1 Å². The van der Waals surface area contributed by atoms with Gasteiger partial charge in [-0.05, 0) is 50.5 Å². The summed E-state index contributed by atoms with van der Waals surface area (Å²) in [6, 6.07) is 10.0. The van der Waals surface area contributed by atoms with E-state index in [-0.39, 0.29) is 11.9 Å². The highest BCUT2D eigenvalue weighted by atomic mass is 16.2. The van der Waals surface area contributed by atoms with Crippen molar-refractivity contribution in [1.29, 1.82) is 0 Å². The minimum Gasteiger partial charge on any atom is -0.347 e. The van der Waals surface area contributed by atoms with E-state index in [1.807, 2.05) is 4.90 Å². The molecule has 2 rings (SSSR count). The van der Waals surface area contributed by atoms with Crippen molar-refractivity contribution in [3.05, 3.63) is 35.9 Å². The van der Waals surface area contributed by atoms with Crippen LogP contribution in [-0.4, -0.2) is 55.0 Å². The van der Waals surface area contributed by atoms with Crippen LogP contribution in [0.15, 0.2) is 30.3 Å². The fourth-order valence-corrected chi connectivity index (χ4v) is 3.39. The van der Waals surface area contributed by atoms with Gasteiger partial charge in [0.05, 0.1) is 0 Å². The van der Waals surface area contributed by atoms with Gasteiger partial charge in [-0.1, -0.05) is 30.3 Å². The molecule has 3 amide bonds. The van der Waals surface area contributed by atoms with E-state index in [0.717, 1.165) is 32.4 Å². The van der Waals surface area contributed by atoms with Gasteiger partial charge in [-0.2, -0.15) is 0 Å². The van der Waals surface area contributed by atoms with Gasteiger partial charge in [0.1, 0.15) is 6.04 Å². The highest BCUT2D eigenvalue weighted by Gasteiger charge is 2.25. The van der Waals surface area contributed by atoms with E-state index in [2.05, 4.69) is 35.6 Å². The molecule has 1 fully saturated rings. The summed E-state index contributed by atoms with van der Waals surface area (Å²) in [4.78, 5) is 27.5. The standard InChI is InChI=1S/C20H31N3O2/c1-16(19(24)22(2)3)21-20(25)23-14-12-18(13-15-23)11-7-10-17-8-5-4-6-9-17/h4-6,8-9,16,18H,7,10-15H2,1-3H3,(H,21,25)/t16-/m1/s1. The largest absolute Gasteiger partial charge is 0.347 e. The summed E-state index contributed by atoms with van der Waals surface area (Å²) in [5, 5.41) is 2.81. The lowest BCUT2D eigenvalue weighted by atomic mass is 9.91. The second kappa shape index (κ2) is 9.44. The number of rotatable bonds is 6. The summed E-state index contributed by atoms with van der Waals surface area (Å²) in [7, 11) is 3.40. The van der Waals surface area contributed by atoms with Crippen molar-refractivity contribution in [3.63, 3.8) is 0 Å². The summed E-state index contributed by atoms with van der Waals surface area (Å²) in [6.07, 6.45) is 5.66. The van der Waals surface area contributed by atoms with Crippen LogP contribution in [0.25, 0.3) is 0 Å². The molecule has 25 heavy (non-hydrogen) atoms. The van der Waals surface area contributed by atoms with Crippen molar-refractivity contribution in [2.24, 2.45) is 5.92 Å². The molecule has 1 aromatic carbocycles. The topological polar surface area (TPSA) is 52.7 Å². The van der Waals surface area contributed by atoms with Gasteiger partial charge in [-0.3, -0.25) is 4.79 Å². The molecule has 1 atom stereocenters. The Labute approximate surface area is 151 Å². The smallest absolute Gasteiger partial charge is 0.318 e. The number of nitrogens with zero attached hydrogens (tertiary/aromatic N) is 2. The number of urea groups is 1. The van der Waals surface area contributed by atoms with Crippen LogP contribution >= 0.6 is 0 Å². The highest BCUT2D eigenvalue weighted by Crippen LogP contribution is 2.23. The first kappa shape index (κ1) is 19.3. The molecule has 5 heteroatoms. The Morgan fingerprint density at radius 3 is 2.44 bits per heavy atom. The van der Waals surface area contributed by atoms with Crippen LogP contribution in [0.3, 0.4) is 0 Å². The number of carbonyl (C=O) groups is 2. The van der Waals surface area contributed by atoms with Gasteiger partial charge < -0.3 is 15.1 Å². The first-order valence-electron chi connectivity index (χ1n) is 9.28. The number of amides is 3. The van der Waals surface area contributed by atoms with Crippen LogP contribution in [0, 0.1) is 5.92 Å². The van der Waals surface area contributed by atoms with Crippen LogP contribution in [0.1, 0.15) is 38.2 Å². The van der Waals surface area contributed by atoms with Gasteiger partial charge in [0.25, 0.3) is 0 Å². The molecule has 0 aliphatic carbocycles. The quantitative estimate of drug-likeness (QED) is 0.862. The van der Waals surface area contributed by atoms with Crippen molar-refractivity contribution >= 4 is 11.9 Å². The average molecular weight is 345 g/mol. The molecule has 0 aromatic heterocycles. The van der Waals surface area contributed by atoms with Crippen molar-refractivity contribution < 1.29 is 9.59 Å². The minimum atomic E-state index is -0.480. The molecule has 1 aliphatic heterocycles. The Kier molecular flexibility index (Phi) is 7.29. The molecular weight excluding hydrogens is 314 g/mol. The van der Waals surface area contributed by atoms with Gasteiger partial charge >= 0.3 is 6.03 Å². The first-order valence-corrected chi connectivity index (χ1v) is 9.28. The first-order chi connectivity index (χ1) is 12.0. The third-order valence-corrected chi connectivity index (χ3v) is 4.97. The van der Waals surface area contributed by atoms with E-state index in [0.29, 0.717) is 5.92 Å². The summed E-state index contributed by atoms with van der Waals surface area (Å²) < 4.78 is 0. The number of hydrogen-bond donors (Lipinski definition) is 1. The fourth-order valence-electron chi connectivity index (χ4n) is 3.39. The maximum atomic E-state index is 12.3. The van der Waals surface area contributed by atoms with E-state index >= 15 is 0 Å². The van der Waals surface area contributed by atoms with Crippen LogP contribution in [0.2, 0.25) is 0 Å². The Morgan fingerprint density at radius 2 is 1.84 bits per heavy atom. The van der Waals surface area contributed by atoms with Crippen LogP contribution < -0.4 is 5.32 Å². The molecule has 1 aromatic rings.